The van der Waals surface area contributed by atoms with Gasteiger partial charge < -0.3 is 4.74 Å². The summed E-state index contributed by atoms with van der Waals surface area (Å²) < 4.78 is 41.2. The largest absolute Gasteiger partial charge is 0.573 e. The summed E-state index contributed by atoms with van der Waals surface area (Å²) in [5.41, 5.74) is 2.36. The number of nitrogens with zero attached hydrogens (tertiary/aromatic N) is 2. The first kappa shape index (κ1) is 13.4. The first-order valence-corrected chi connectivity index (χ1v) is 6.09. The molecule has 0 saturated carbocycles. The minimum Gasteiger partial charge on any atom is -0.405 e. The molecule has 0 spiro atoms. The monoisotopic (exact) mass is 293 g/mol. The van der Waals surface area contributed by atoms with E-state index in [-0.39, 0.29) is 5.75 Å². The molecule has 0 atom stereocenters. The molecule has 0 aliphatic rings. The van der Waals surface area contributed by atoms with E-state index in [4.69, 9.17) is 0 Å². The van der Waals surface area contributed by atoms with Crippen molar-refractivity contribution in [2.75, 3.05) is 0 Å². The van der Waals surface area contributed by atoms with Crippen molar-refractivity contribution < 1.29 is 17.9 Å². The first-order chi connectivity index (χ1) is 9.94. The van der Waals surface area contributed by atoms with Crippen molar-refractivity contribution in [3.63, 3.8) is 0 Å². The summed E-state index contributed by atoms with van der Waals surface area (Å²) in [6.07, 6.45) is -1.52. The highest BCUT2D eigenvalue weighted by molar-refractivity contribution is 5.81. The van der Waals surface area contributed by atoms with Gasteiger partial charge in [0.1, 0.15) is 5.75 Å². The number of nitrogens with one attached hydrogen (secondary N) is 1. The van der Waals surface area contributed by atoms with Gasteiger partial charge in [0.25, 0.3) is 0 Å². The molecule has 2 aromatic heterocycles. The Balaban J connectivity index is 2.07. The predicted molar refractivity (Wildman–Crippen MR) is 70.7 cm³/mol. The van der Waals surface area contributed by atoms with Crippen molar-refractivity contribution in [3.05, 3.63) is 42.2 Å². The van der Waals surface area contributed by atoms with Crippen LogP contribution in [0.15, 0.2) is 36.7 Å². The number of rotatable bonds is 2. The van der Waals surface area contributed by atoms with Crippen LogP contribution < -0.4 is 4.74 Å². The zero-order chi connectivity index (χ0) is 15.0. The molecule has 7 heteroatoms. The molecule has 0 aliphatic heterocycles. The summed E-state index contributed by atoms with van der Waals surface area (Å²) in [5.74, 6) is -0.215. The molecular weight excluding hydrogens is 283 g/mol. The van der Waals surface area contributed by atoms with Gasteiger partial charge in [-0.1, -0.05) is 12.1 Å². The zero-order valence-corrected chi connectivity index (χ0v) is 10.9. The van der Waals surface area contributed by atoms with E-state index in [1.807, 2.05) is 6.07 Å². The first-order valence-electron chi connectivity index (χ1n) is 6.09. The number of fused-ring (bicyclic) bond motifs is 1. The normalized spacial score (nSPS) is 11.8. The maximum absolute atomic E-state index is 12.4. The van der Waals surface area contributed by atoms with Crippen LogP contribution in [-0.4, -0.2) is 21.5 Å². The molecular formula is C14H10F3N3O. The highest BCUT2D eigenvalue weighted by Crippen LogP contribution is 2.33. The number of hydrogen-bond donors (Lipinski definition) is 1. The van der Waals surface area contributed by atoms with E-state index in [2.05, 4.69) is 19.9 Å². The minimum absolute atomic E-state index is 0.215. The lowest BCUT2D eigenvalue weighted by atomic mass is 10.0. The average molecular weight is 293 g/mol. The number of benzene rings is 1. The van der Waals surface area contributed by atoms with Crippen molar-refractivity contribution in [2.24, 2.45) is 0 Å². The number of hydrogen-bond acceptors (Lipinski definition) is 3. The third-order valence-electron chi connectivity index (χ3n) is 3.11. The van der Waals surface area contributed by atoms with Gasteiger partial charge in [0.15, 0.2) is 5.65 Å². The molecule has 0 amide bonds. The Hall–Kier alpha value is -2.57. The minimum atomic E-state index is -4.71. The van der Waals surface area contributed by atoms with E-state index in [0.717, 1.165) is 5.39 Å². The van der Waals surface area contributed by atoms with Gasteiger partial charge in [-0.15, -0.1) is 13.2 Å². The Kier molecular flexibility index (Phi) is 3.04. The lowest BCUT2D eigenvalue weighted by molar-refractivity contribution is -0.274. The standard InChI is InChI=1S/C14H10F3N3O/c1-8-11(3-2-4-12(8)21-14(15,16)17)9-5-10-7-19-20-13(10)18-6-9/h2-7H,1H3,(H,18,19,20). The quantitative estimate of drug-likeness (QED) is 0.781. The van der Waals surface area contributed by atoms with E-state index in [1.54, 1.807) is 25.4 Å². The van der Waals surface area contributed by atoms with Gasteiger partial charge in [0.2, 0.25) is 0 Å². The number of ether oxygens (including phenoxy) is 1. The molecule has 0 radical (unpaired) electrons. The fourth-order valence-corrected chi connectivity index (χ4v) is 2.15. The topological polar surface area (TPSA) is 50.8 Å². The van der Waals surface area contributed by atoms with Gasteiger partial charge in [-0.05, 0) is 30.2 Å². The highest BCUT2D eigenvalue weighted by Gasteiger charge is 2.32. The van der Waals surface area contributed by atoms with Crippen LogP contribution >= 0.6 is 0 Å². The van der Waals surface area contributed by atoms with Crippen molar-refractivity contribution in [2.45, 2.75) is 13.3 Å². The Morgan fingerprint density at radius 1 is 1.19 bits per heavy atom. The van der Waals surface area contributed by atoms with Crippen LogP contribution in [0.5, 0.6) is 5.75 Å². The predicted octanol–water partition coefficient (Wildman–Crippen LogP) is 3.83. The second-order valence-electron chi connectivity index (χ2n) is 4.51. The molecule has 0 aliphatic carbocycles. The maximum atomic E-state index is 12.4. The fraction of sp³-hybridized carbons (Fsp3) is 0.143. The molecule has 0 fully saturated rings. The number of aromatic amines is 1. The van der Waals surface area contributed by atoms with Gasteiger partial charge in [-0.3, -0.25) is 5.10 Å². The molecule has 0 bridgehead atoms. The Morgan fingerprint density at radius 3 is 2.76 bits per heavy atom. The summed E-state index contributed by atoms with van der Waals surface area (Å²) in [6.45, 7) is 1.58. The van der Waals surface area contributed by atoms with Gasteiger partial charge in [-0.25, -0.2) is 4.98 Å². The number of halogens is 3. The van der Waals surface area contributed by atoms with E-state index in [1.165, 1.54) is 12.1 Å². The molecule has 1 N–H and O–H groups in total. The van der Waals surface area contributed by atoms with Crippen LogP contribution in [0.2, 0.25) is 0 Å². The van der Waals surface area contributed by atoms with Crippen LogP contribution in [0.3, 0.4) is 0 Å². The smallest absolute Gasteiger partial charge is 0.405 e. The number of aromatic nitrogens is 3. The van der Waals surface area contributed by atoms with E-state index >= 15 is 0 Å². The van der Waals surface area contributed by atoms with Crippen LogP contribution in [0, 0.1) is 6.92 Å². The Bertz CT molecular complexity index is 796. The summed E-state index contributed by atoms with van der Waals surface area (Å²) in [6, 6.07) is 6.34. The second kappa shape index (κ2) is 4.76. The number of alkyl halides is 3. The molecule has 4 nitrogen and oxygen atoms in total. The maximum Gasteiger partial charge on any atom is 0.573 e. The molecule has 2 heterocycles. The number of H-pyrrole nitrogens is 1. The summed E-state index contributed by atoms with van der Waals surface area (Å²) in [7, 11) is 0. The summed E-state index contributed by atoms with van der Waals surface area (Å²) >= 11 is 0. The average Bonchev–Trinajstić information content (AvgIpc) is 2.87. The van der Waals surface area contributed by atoms with E-state index in [0.29, 0.717) is 22.3 Å². The van der Waals surface area contributed by atoms with E-state index in [9.17, 15) is 13.2 Å². The SMILES string of the molecule is Cc1c(OC(F)(F)F)cccc1-c1cnc2[nH]ncc2c1. The van der Waals surface area contributed by atoms with Crippen molar-refractivity contribution in [1.82, 2.24) is 15.2 Å². The molecule has 3 aromatic rings. The molecule has 1 aromatic carbocycles. The van der Waals surface area contributed by atoms with Crippen LogP contribution in [0.25, 0.3) is 22.2 Å². The van der Waals surface area contributed by atoms with Crippen molar-refractivity contribution in [1.29, 1.82) is 0 Å². The molecule has 108 valence electrons. The second-order valence-corrected chi connectivity index (χ2v) is 4.51. The highest BCUT2D eigenvalue weighted by atomic mass is 19.4. The molecule has 3 rings (SSSR count). The van der Waals surface area contributed by atoms with Gasteiger partial charge in [-0.2, -0.15) is 5.10 Å². The van der Waals surface area contributed by atoms with E-state index < -0.39 is 6.36 Å². The molecule has 0 unspecified atom stereocenters. The summed E-state index contributed by atoms with van der Waals surface area (Å²) in [4.78, 5) is 4.18. The van der Waals surface area contributed by atoms with Crippen molar-refractivity contribution >= 4 is 11.0 Å². The third-order valence-corrected chi connectivity index (χ3v) is 3.11. The molecule has 21 heavy (non-hydrogen) atoms. The summed E-state index contributed by atoms with van der Waals surface area (Å²) in [5, 5.41) is 7.37. The van der Waals surface area contributed by atoms with Crippen molar-refractivity contribution in [3.8, 4) is 16.9 Å². The van der Waals surface area contributed by atoms with Gasteiger partial charge >= 0.3 is 6.36 Å². The third kappa shape index (κ3) is 2.67. The zero-order valence-electron chi connectivity index (χ0n) is 10.9. The lowest BCUT2D eigenvalue weighted by Gasteiger charge is -2.14. The van der Waals surface area contributed by atoms with Gasteiger partial charge in [0, 0.05) is 17.1 Å². The van der Waals surface area contributed by atoms with Crippen LogP contribution in [0.4, 0.5) is 13.2 Å². The van der Waals surface area contributed by atoms with Gasteiger partial charge in [0.05, 0.1) is 6.20 Å². The van der Waals surface area contributed by atoms with Crippen LogP contribution in [-0.2, 0) is 0 Å². The number of pyridine rings is 1. The van der Waals surface area contributed by atoms with Crippen LogP contribution in [0.1, 0.15) is 5.56 Å². The Morgan fingerprint density at radius 2 is 2.00 bits per heavy atom. The Labute approximate surface area is 117 Å². The fourth-order valence-electron chi connectivity index (χ4n) is 2.15. The lowest BCUT2D eigenvalue weighted by Crippen LogP contribution is -2.17. The molecule has 0 saturated heterocycles.